The Morgan fingerprint density at radius 1 is 1.46 bits per heavy atom. The van der Waals surface area contributed by atoms with E-state index in [1.54, 1.807) is 18.0 Å². The molecule has 1 fully saturated rings. The average molecular weight is 365 g/mol. The van der Waals surface area contributed by atoms with E-state index in [2.05, 4.69) is 22.4 Å². The Bertz CT molecular complexity index is 662. The molecule has 0 bridgehead atoms. The van der Waals surface area contributed by atoms with Crippen molar-refractivity contribution < 1.29 is 14.7 Å². The van der Waals surface area contributed by atoms with E-state index in [9.17, 15) is 9.59 Å². The maximum absolute atomic E-state index is 11.6. The molecule has 24 heavy (non-hydrogen) atoms. The lowest BCUT2D eigenvalue weighted by atomic mass is 10.2. The van der Waals surface area contributed by atoms with Gasteiger partial charge in [0.05, 0.1) is 12.6 Å². The van der Waals surface area contributed by atoms with Crippen LogP contribution in [0.2, 0.25) is 0 Å². The van der Waals surface area contributed by atoms with E-state index in [4.69, 9.17) is 5.11 Å². The fraction of sp³-hybridized carbons (Fsp3) is 0.375. The first-order chi connectivity index (χ1) is 11.6. The van der Waals surface area contributed by atoms with Crippen LogP contribution in [0.3, 0.4) is 0 Å². The van der Waals surface area contributed by atoms with E-state index in [-0.39, 0.29) is 12.3 Å². The van der Waals surface area contributed by atoms with Gasteiger partial charge in [0.15, 0.2) is 5.17 Å². The standard InChI is InChI=1S/C16H19N3O3S2/c1-2-3-8-23-12-7-5-4-6-11(12)10-17-19-16-18-15(22)13(24-16)9-14(20)21/h4-7,10,13H,2-3,8-9H2,1H3,(H,20,21)(H,18,19,22). The molecule has 2 rings (SSSR count). The minimum absolute atomic E-state index is 0.226. The summed E-state index contributed by atoms with van der Waals surface area (Å²) in [7, 11) is 0. The van der Waals surface area contributed by atoms with Crippen LogP contribution in [0.4, 0.5) is 0 Å². The Balaban J connectivity index is 1.99. The number of carbonyl (C=O) groups is 2. The monoisotopic (exact) mass is 365 g/mol. The molecular formula is C16H19N3O3S2. The lowest BCUT2D eigenvalue weighted by molar-refractivity contribution is -0.138. The van der Waals surface area contributed by atoms with Crippen molar-refractivity contribution in [3.05, 3.63) is 29.8 Å². The maximum atomic E-state index is 11.6. The topological polar surface area (TPSA) is 91.1 Å². The van der Waals surface area contributed by atoms with Crippen LogP contribution in [0.15, 0.2) is 39.4 Å². The second-order valence-corrected chi connectivity index (χ2v) is 7.41. The maximum Gasteiger partial charge on any atom is 0.305 e. The fourth-order valence-electron chi connectivity index (χ4n) is 1.93. The zero-order chi connectivity index (χ0) is 17.4. The van der Waals surface area contributed by atoms with E-state index in [1.165, 1.54) is 0 Å². The summed E-state index contributed by atoms with van der Waals surface area (Å²) >= 11 is 2.87. The highest BCUT2D eigenvalue weighted by molar-refractivity contribution is 8.15. The van der Waals surface area contributed by atoms with Crippen molar-refractivity contribution in [2.75, 3.05) is 5.75 Å². The van der Waals surface area contributed by atoms with E-state index in [1.807, 2.05) is 24.3 Å². The summed E-state index contributed by atoms with van der Waals surface area (Å²) in [5, 5.41) is 19.0. The van der Waals surface area contributed by atoms with E-state index < -0.39 is 11.2 Å². The summed E-state index contributed by atoms with van der Waals surface area (Å²) in [5.41, 5.74) is 0.972. The number of aliphatic carboxylic acids is 1. The molecule has 1 aliphatic heterocycles. The fourth-order valence-corrected chi connectivity index (χ4v) is 3.96. The molecule has 1 aliphatic rings. The summed E-state index contributed by atoms with van der Waals surface area (Å²) in [6.07, 6.45) is 3.74. The number of nitrogens with zero attached hydrogens (tertiary/aromatic N) is 2. The van der Waals surface area contributed by atoms with E-state index >= 15 is 0 Å². The molecule has 6 nitrogen and oxygen atoms in total. The molecule has 1 aromatic rings. The van der Waals surface area contributed by atoms with Crippen LogP contribution in [0.5, 0.6) is 0 Å². The number of carboxylic acids is 1. The normalized spacial score (nSPS) is 19.1. The number of amides is 1. The van der Waals surface area contributed by atoms with Crippen molar-refractivity contribution >= 4 is 46.8 Å². The minimum atomic E-state index is -1.01. The molecule has 1 saturated heterocycles. The molecule has 0 spiro atoms. The predicted molar refractivity (Wildman–Crippen MR) is 98.9 cm³/mol. The molecular weight excluding hydrogens is 346 g/mol. The van der Waals surface area contributed by atoms with Gasteiger partial charge in [0, 0.05) is 10.5 Å². The third-order valence-electron chi connectivity index (χ3n) is 3.16. The van der Waals surface area contributed by atoms with E-state index in [0.29, 0.717) is 5.17 Å². The molecule has 1 amide bonds. The number of amidine groups is 1. The number of hydrogen-bond acceptors (Lipinski definition) is 6. The lowest BCUT2D eigenvalue weighted by Gasteiger charge is -2.03. The number of hydrogen-bond donors (Lipinski definition) is 2. The Hall–Kier alpha value is -1.80. The van der Waals surface area contributed by atoms with E-state index in [0.717, 1.165) is 40.8 Å². The van der Waals surface area contributed by atoms with Crippen LogP contribution in [-0.2, 0) is 9.59 Å². The second-order valence-electron chi connectivity index (χ2n) is 5.08. The highest BCUT2D eigenvalue weighted by atomic mass is 32.2. The molecule has 1 aromatic carbocycles. The molecule has 1 atom stereocenters. The Morgan fingerprint density at radius 3 is 3.00 bits per heavy atom. The van der Waals surface area contributed by atoms with Gasteiger partial charge in [0.25, 0.3) is 0 Å². The van der Waals surface area contributed by atoms with Gasteiger partial charge in [-0.2, -0.15) is 5.10 Å². The van der Waals surface area contributed by atoms with Gasteiger partial charge in [0.1, 0.15) is 5.25 Å². The molecule has 0 aliphatic carbocycles. The van der Waals surface area contributed by atoms with Gasteiger partial charge in [-0.1, -0.05) is 43.3 Å². The smallest absolute Gasteiger partial charge is 0.305 e. The van der Waals surface area contributed by atoms with Gasteiger partial charge in [-0.3, -0.25) is 9.59 Å². The molecule has 0 saturated carbocycles. The SMILES string of the molecule is CCCCSc1ccccc1C=NN=C1NC(=O)C(CC(=O)O)S1. The predicted octanol–water partition coefficient (Wildman–Crippen LogP) is 2.98. The first kappa shape index (κ1) is 18.5. The summed E-state index contributed by atoms with van der Waals surface area (Å²) in [4.78, 5) is 23.5. The van der Waals surface area contributed by atoms with Gasteiger partial charge in [0.2, 0.25) is 5.91 Å². The van der Waals surface area contributed by atoms with Crippen molar-refractivity contribution in [1.29, 1.82) is 0 Å². The number of benzene rings is 1. The lowest BCUT2D eigenvalue weighted by Crippen LogP contribution is -2.26. The summed E-state index contributed by atoms with van der Waals surface area (Å²) in [6, 6.07) is 7.93. The summed E-state index contributed by atoms with van der Waals surface area (Å²) in [5.74, 6) is -0.296. The molecule has 128 valence electrons. The molecule has 0 radical (unpaired) electrons. The second kappa shape index (κ2) is 9.48. The van der Waals surface area contributed by atoms with Crippen LogP contribution < -0.4 is 5.32 Å². The molecule has 8 heteroatoms. The average Bonchev–Trinajstić information content (AvgIpc) is 2.88. The number of rotatable bonds is 8. The summed E-state index contributed by atoms with van der Waals surface area (Å²) in [6.45, 7) is 2.16. The van der Waals surface area contributed by atoms with Crippen LogP contribution >= 0.6 is 23.5 Å². The zero-order valence-corrected chi connectivity index (χ0v) is 14.9. The zero-order valence-electron chi connectivity index (χ0n) is 13.3. The van der Waals surface area contributed by atoms with Crippen molar-refractivity contribution in [1.82, 2.24) is 5.32 Å². The number of carboxylic acid groups (broad SMARTS) is 1. The molecule has 0 aromatic heterocycles. The van der Waals surface area contributed by atoms with Crippen LogP contribution in [0.25, 0.3) is 0 Å². The number of nitrogens with one attached hydrogen (secondary N) is 1. The molecule has 1 unspecified atom stereocenters. The Kier molecular flexibility index (Phi) is 7.33. The van der Waals surface area contributed by atoms with Gasteiger partial charge in [-0.25, -0.2) is 0 Å². The third kappa shape index (κ3) is 5.68. The Morgan fingerprint density at radius 2 is 2.25 bits per heavy atom. The van der Waals surface area contributed by atoms with Gasteiger partial charge >= 0.3 is 5.97 Å². The van der Waals surface area contributed by atoms with Crippen LogP contribution in [0, 0.1) is 0 Å². The first-order valence-electron chi connectivity index (χ1n) is 7.62. The Labute approximate surface area is 149 Å². The summed E-state index contributed by atoms with van der Waals surface area (Å²) < 4.78 is 0. The highest BCUT2D eigenvalue weighted by Crippen LogP contribution is 2.24. The number of carbonyl (C=O) groups excluding carboxylic acids is 1. The van der Waals surface area contributed by atoms with Crippen molar-refractivity contribution in [2.24, 2.45) is 10.2 Å². The number of thioether (sulfide) groups is 2. The van der Waals surface area contributed by atoms with Crippen LogP contribution in [-0.4, -0.2) is 39.4 Å². The third-order valence-corrected chi connectivity index (χ3v) is 5.40. The largest absolute Gasteiger partial charge is 0.481 e. The van der Waals surface area contributed by atoms with Crippen molar-refractivity contribution in [3.8, 4) is 0 Å². The van der Waals surface area contributed by atoms with Gasteiger partial charge in [-0.05, 0) is 18.2 Å². The molecule has 2 N–H and O–H groups in total. The number of unbranched alkanes of at least 4 members (excludes halogenated alkanes) is 1. The quantitative estimate of drug-likeness (QED) is 0.320. The minimum Gasteiger partial charge on any atom is -0.481 e. The van der Waals surface area contributed by atoms with Crippen LogP contribution in [0.1, 0.15) is 31.7 Å². The van der Waals surface area contributed by atoms with Crippen molar-refractivity contribution in [3.63, 3.8) is 0 Å². The first-order valence-corrected chi connectivity index (χ1v) is 9.49. The van der Waals surface area contributed by atoms with Crippen molar-refractivity contribution in [2.45, 2.75) is 36.3 Å². The van der Waals surface area contributed by atoms with Gasteiger partial charge in [-0.15, -0.1) is 16.9 Å². The highest BCUT2D eigenvalue weighted by Gasteiger charge is 2.32. The molecule has 1 heterocycles. The van der Waals surface area contributed by atoms with Gasteiger partial charge < -0.3 is 10.4 Å².